The Kier molecular flexibility index (Phi) is 6.83. The first-order valence-electron chi connectivity index (χ1n) is 8.84. The van der Waals surface area contributed by atoms with E-state index in [1.165, 1.54) is 23.5 Å². The molecule has 1 amide bonds. The largest absolute Gasteiger partial charge is 0.497 e. The molecule has 1 fully saturated rings. The Balaban J connectivity index is 1.99. The van der Waals surface area contributed by atoms with Crippen LogP contribution in [-0.2, 0) is 19.6 Å². The van der Waals surface area contributed by atoms with Crippen LogP contribution in [0.15, 0.2) is 29.2 Å². The third kappa shape index (κ3) is 4.98. The molecule has 0 aliphatic carbocycles. The molecule has 2 N–H and O–H groups in total. The van der Waals surface area contributed by atoms with Gasteiger partial charge in [0.15, 0.2) is 0 Å². The van der Waals surface area contributed by atoms with Gasteiger partial charge in [-0.25, -0.2) is 13.2 Å². The molecule has 27 heavy (non-hydrogen) atoms. The number of carbonyl (C=O) groups is 2. The number of carbonyl (C=O) groups excluding carboxylic acids is 1. The van der Waals surface area contributed by atoms with Crippen molar-refractivity contribution in [1.82, 2.24) is 9.62 Å². The number of carboxylic acids is 1. The zero-order chi connectivity index (χ0) is 20.2. The zero-order valence-corrected chi connectivity index (χ0v) is 16.5. The normalized spacial score (nSPS) is 17.5. The van der Waals surface area contributed by atoms with Crippen molar-refractivity contribution in [3.05, 3.63) is 24.3 Å². The lowest BCUT2D eigenvalue weighted by Crippen LogP contribution is -2.49. The maximum atomic E-state index is 12.7. The van der Waals surface area contributed by atoms with Crippen LogP contribution < -0.4 is 10.1 Å². The lowest BCUT2D eigenvalue weighted by molar-refractivity contribution is -0.144. The van der Waals surface area contributed by atoms with Gasteiger partial charge < -0.3 is 15.2 Å². The van der Waals surface area contributed by atoms with Crippen molar-refractivity contribution < 1.29 is 27.9 Å². The van der Waals surface area contributed by atoms with E-state index in [4.69, 9.17) is 4.74 Å². The average Bonchev–Trinajstić information content (AvgIpc) is 2.65. The van der Waals surface area contributed by atoms with Crippen molar-refractivity contribution in [3.63, 3.8) is 0 Å². The summed E-state index contributed by atoms with van der Waals surface area (Å²) in [5.74, 6) is -1.46. The van der Waals surface area contributed by atoms with Gasteiger partial charge in [0.25, 0.3) is 0 Å². The fourth-order valence-electron chi connectivity index (χ4n) is 3.04. The predicted octanol–water partition coefficient (Wildman–Crippen LogP) is 1.32. The van der Waals surface area contributed by atoms with Crippen molar-refractivity contribution in [1.29, 1.82) is 0 Å². The molecule has 1 saturated heterocycles. The summed E-state index contributed by atoms with van der Waals surface area (Å²) >= 11 is 0. The van der Waals surface area contributed by atoms with E-state index in [1.54, 1.807) is 26.0 Å². The molecule has 0 bridgehead atoms. The second-order valence-corrected chi connectivity index (χ2v) is 8.86. The second-order valence-electron chi connectivity index (χ2n) is 6.92. The van der Waals surface area contributed by atoms with Gasteiger partial charge in [-0.1, -0.05) is 13.8 Å². The molecule has 0 spiro atoms. The third-order valence-corrected chi connectivity index (χ3v) is 6.67. The maximum absolute atomic E-state index is 12.7. The second kappa shape index (κ2) is 8.71. The molecule has 1 aromatic rings. The van der Waals surface area contributed by atoms with Crippen molar-refractivity contribution >= 4 is 21.9 Å². The van der Waals surface area contributed by atoms with E-state index in [0.717, 1.165) is 0 Å². The molecule has 1 aromatic carbocycles. The monoisotopic (exact) mass is 398 g/mol. The number of rotatable bonds is 7. The molecule has 1 heterocycles. The number of aliphatic carboxylic acids is 1. The van der Waals surface area contributed by atoms with E-state index in [0.29, 0.717) is 18.6 Å². The van der Waals surface area contributed by atoms with Crippen LogP contribution in [-0.4, -0.2) is 55.9 Å². The van der Waals surface area contributed by atoms with Crippen molar-refractivity contribution in [3.8, 4) is 5.75 Å². The number of hydrogen-bond donors (Lipinski definition) is 2. The van der Waals surface area contributed by atoms with Gasteiger partial charge in [0.1, 0.15) is 11.8 Å². The molecule has 0 aromatic heterocycles. The number of amides is 1. The van der Waals surface area contributed by atoms with Gasteiger partial charge in [0.2, 0.25) is 15.9 Å². The number of methoxy groups -OCH3 is 1. The Hall–Kier alpha value is -2.13. The number of nitrogens with zero attached hydrogens (tertiary/aromatic N) is 1. The highest BCUT2D eigenvalue weighted by atomic mass is 32.2. The summed E-state index contributed by atoms with van der Waals surface area (Å²) < 4.78 is 31.8. The maximum Gasteiger partial charge on any atom is 0.326 e. The first kappa shape index (κ1) is 21.2. The zero-order valence-electron chi connectivity index (χ0n) is 15.7. The number of ether oxygens (including phenoxy) is 1. The molecule has 0 saturated carbocycles. The van der Waals surface area contributed by atoms with Crippen LogP contribution in [0.2, 0.25) is 0 Å². The Morgan fingerprint density at radius 1 is 1.19 bits per heavy atom. The Morgan fingerprint density at radius 2 is 1.74 bits per heavy atom. The Labute approximate surface area is 159 Å². The number of hydrogen-bond acceptors (Lipinski definition) is 5. The lowest BCUT2D eigenvalue weighted by atomic mass is 9.95. The van der Waals surface area contributed by atoms with Gasteiger partial charge in [-0.05, 0) is 43.0 Å². The molecule has 1 aliphatic heterocycles. The van der Waals surface area contributed by atoms with Gasteiger partial charge in [0.05, 0.1) is 12.0 Å². The molecule has 150 valence electrons. The third-order valence-electron chi connectivity index (χ3n) is 4.75. The minimum absolute atomic E-state index is 0.178. The van der Waals surface area contributed by atoms with Crippen LogP contribution in [0.4, 0.5) is 0 Å². The van der Waals surface area contributed by atoms with Crippen LogP contribution in [0.3, 0.4) is 0 Å². The first-order chi connectivity index (χ1) is 12.7. The number of carboxylic acid groups (broad SMARTS) is 1. The molecule has 2 rings (SSSR count). The van der Waals surface area contributed by atoms with E-state index in [-0.39, 0.29) is 29.8 Å². The van der Waals surface area contributed by atoms with E-state index in [9.17, 15) is 23.1 Å². The van der Waals surface area contributed by atoms with E-state index < -0.39 is 28.0 Å². The molecule has 1 aliphatic rings. The van der Waals surface area contributed by atoms with Gasteiger partial charge in [-0.3, -0.25) is 4.79 Å². The molecule has 1 unspecified atom stereocenters. The molecule has 0 radical (unpaired) electrons. The lowest BCUT2D eigenvalue weighted by Gasteiger charge is -2.31. The summed E-state index contributed by atoms with van der Waals surface area (Å²) in [6.07, 6.45) is 0.706. The van der Waals surface area contributed by atoms with Crippen molar-refractivity contribution in [2.24, 2.45) is 11.8 Å². The summed E-state index contributed by atoms with van der Waals surface area (Å²) in [5.41, 5.74) is 0. The summed E-state index contributed by atoms with van der Waals surface area (Å²) in [7, 11) is -2.13. The smallest absolute Gasteiger partial charge is 0.326 e. The van der Waals surface area contributed by atoms with Gasteiger partial charge in [-0.15, -0.1) is 0 Å². The highest BCUT2D eigenvalue weighted by Gasteiger charge is 2.34. The molecular weight excluding hydrogens is 372 g/mol. The fourth-order valence-corrected chi connectivity index (χ4v) is 4.51. The van der Waals surface area contributed by atoms with E-state index >= 15 is 0 Å². The summed E-state index contributed by atoms with van der Waals surface area (Å²) in [4.78, 5) is 23.8. The Bertz CT molecular complexity index is 768. The fraction of sp³-hybridized carbons (Fsp3) is 0.556. The molecule has 1 atom stereocenters. The number of nitrogens with one attached hydrogen (secondary N) is 1. The standard InChI is InChI=1S/C18H26N2O6S/c1-12(2)16(18(22)23)19-17(21)13-8-10-20(11-9-13)27(24,25)15-6-4-14(26-3)5-7-15/h4-7,12-13,16H,8-11H2,1-3H3,(H,19,21)(H,22,23). The first-order valence-corrected chi connectivity index (χ1v) is 10.3. The van der Waals surface area contributed by atoms with Crippen LogP contribution in [0.25, 0.3) is 0 Å². The molecule has 8 nitrogen and oxygen atoms in total. The van der Waals surface area contributed by atoms with Gasteiger partial charge >= 0.3 is 5.97 Å². The van der Waals surface area contributed by atoms with Crippen molar-refractivity contribution in [2.45, 2.75) is 37.6 Å². The van der Waals surface area contributed by atoms with E-state index in [2.05, 4.69) is 5.32 Å². The van der Waals surface area contributed by atoms with Crippen LogP contribution in [0.5, 0.6) is 5.75 Å². The Morgan fingerprint density at radius 3 is 2.19 bits per heavy atom. The summed E-state index contributed by atoms with van der Waals surface area (Å²) in [6.45, 7) is 3.88. The minimum Gasteiger partial charge on any atom is -0.497 e. The van der Waals surface area contributed by atoms with Crippen molar-refractivity contribution in [2.75, 3.05) is 20.2 Å². The van der Waals surface area contributed by atoms with Gasteiger partial charge in [-0.2, -0.15) is 4.31 Å². The number of piperidine rings is 1. The van der Waals surface area contributed by atoms with Crippen LogP contribution in [0.1, 0.15) is 26.7 Å². The van der Waals surface area contributed by atoms with Crippen LogP contribution >= 0.6 is 0 Å². The van der Waals surface area contributed by atoms with E-state index in [1.807, 2.05) is 0 Å². The summed E-state index contributed by atoms with van der Waals surface area (Å²) in [5, 5.41) is 11.8. The highest BCUT2D eigenvalue weighted by molar-refractivity contribution is 7.89. The predicted molar refractivity (Wildman–Crippen MR) is 98.9 cm³/mol. The number of sulfonamides is 1. The topological polar surface area (TPSA) is 113 Å². The molecule has 9 heteroatoms. The molecular formula is C18H26N2O6S. The minimum atomic E-state index is -3.63. The highest BCUT2D eigenvalue weighted by Crippen LogP contribution is 2.25. The quantitative estimate of drug-likeness (QED) is 0.716. The SMILES string of the molecule is COc1ccc(S(=O)(=O)N2CCC(C(=O)NC(C(=O)O)C(C)C)CC2)cc1. The number of benzene rings is 1. The summed E-state index contributed by atoms with van der Waals surface area (Å²) in [6, 6.07) is 5.22. The van der Waals surface area contributed by atoms with Gasteiger partial charge in [0, 0.05) is 19.0 Å². The average molecular weight is 398 g/mol. The van der Waals surface area contributed by atoms with Crippen LogP contribution in [0, 0.1) is 11.8 Å².